The molecule has 0 aromatic rings. The summed E-state index contributed by atoms with van der Waals surface area (Å²) in [4.78, 5) is 0. The first-order valence-electron chi connectivity index (χ1n) is 3.69. The predicted molar refractivity (Wildman–Crippen MR) is 42.0 cm³/mol. The molecule has 0 rings (SSSR count). The van der Waals surface area contributed by atoms with Crippen molar-refractivity contribution in [2.45, 2.75) is 52.4 Å². The Labute approximate surface area is 63.2 Å². The molecular formula is C8H18O2. The van der Waals surface area contributed by atoms with Gasteiger partial charge in [-0.2, -0.15) is 0 Å². The monoisotopic (exact) mass is 146 g/mol. The zero-order chi connectivity index (χ0) is 8.36. The number of aliphatic hydroxyl groups is 1. The Morgan fingerprint density at radius 3 is 1.70 bits per heavy atom. The molecule has 0 fully saturated rings. The van der Waals surface area contributed by atoms with E-state index in [1.807, 2.05) is 27.7 Å². The Morgan fingerprint density at radius 2 is 1.60 bits per heavy atom. The van der Waals surface area contributed by atoms with E-state index in [1.165, 1.54) is 0 Å². The maximum absolute atomic E-state index is 9.06. The van der Waals surface area contributed by atoms with Gasteiger partial charge in [0.1, 0.15) is 0 Å². The van der Waals surface area contributed by atoms with Crippen LogP contribution in [0.4, 0.5) is 0 Å². The Hall–Kier alpha value is -0.0800. The highest BCUT2D eigenvalue weighted by Crippen LogP contribution is 2.12. The zero-order valence-corrected chi connectivity index (χ0v) is 7.51. The van der Waals surface area contributed by atoms with E-state index >= 15 is 0 Å². The van der Waals surface area contributed by atoms with E-state index in [-0.39, 0.29) is 17.8 Å². The summed E-state index contributed by atoms with van der Waals surface area (Å²) in [7, 11) is 0. The predicted octanol–water partition coefficient (Wildman–Crippen LogP) is 1.57. The molecule has 0 bridgehead atoms. The van der Waals surface area contributed by atoms with Crippen LogP contribution in [0.1, 0.15) is 34.6 Å². The van der Waals surface area contributed by atoms with Gasteiger partial charge in [0, 0.05) is 0 Å². The molecule has 0 heterocycles. The van der Waals surface area contributed by atoms with Gasteiger partial charge in [-0.1, -0.05) is 0 Å². The summed E-state index contributed by atoms with van der Waals surface area (Å²) in [6, 6.07) is 0. The van der Waals surface area contributed by atoms with Gasteiger partial charge in [-0.25, -0.2) is 0 Å². The molecule has 0 saturated carbocycles. The first-order chi connectivity index (χ1) is 4.33. The summed E-state index contributed by atoms with van der Waals surface area (Å²) in [6.07, 6.45) is -0.473. The maximum atomic E-state index is 9.06. The molecule has 0 saturated heterocycles. The summed E-state index contributed by atoms with van der Waals surface area (Å²) in [5.74, 6) is 0. The summed E-state index contributed by atoms with van der Waals surface area (Å²) in [5.41, 5.74) is -0.156. The lowest BCUT2D eigenvalue weighted by Crippen LogP contribution is -2.32. The van der Waals surface area contributed by atoms with Crippen molar-refractivity contribution in [1.29, 1.82) is 0 Å². The van der Waals surface area contributed by atoms with Crippen molar-refractivity contribution in [3.8, 4) is 0 Å². The first kappa shape index (κ1) is 9.92. The summed E-state index contributed by atoms with van der Waals surface area (Å²) >= 11 is 0. The van der Waals surface area contributed by atoms with Gasteiger partial charge in [-0.05, 0) is 34.6 Å². The van der Waals surface area contributed by atoms with Gasteiger partial charge in [0.25, 0.3) is 0 Å². The van der Waals surface area contributed by atoms with Gasteiger partial charge in [0.2, 0.25) is 0 Å². The molecule has 0 aliphatic heterocycles. The van der Waals surface area contributed by atoms with Crippen molar-refractivity contribution in [3.63, 3.8) is 0 Å². The molecule has 1 N–H and O–H groups in total. The molecule has 0 aliphatic rings. The van der Waals surface area contributed by atoms with Crippen LogP contribution in [0.15, 0.2) is 0 Å². The standard InChI is InChI=1S/C8H18O2/c1-6(9)7(2)10-8(3,4)5/h6-7,9H,1-5H3/t6-,7-/m0/s1. The van der Waals surface area contributed by atoms with E-state index in [9.17, 15) is 0 Å². The number of aliphatic hydroxyl groups excluding tert-OH is 1. The van der Waals surface area contributed by atoms with Crippen LogP contribution in [-0.2, 0) is 4.74 Å². The van der Waals surface area contributed by atoms with Crippen LogP contribution in [0.25, 0.3) is 0 Å². The molecule has 62 valence electrons. The molecule has 2 atom stereocenters. The van der Waals surface area contributed by atoms with Crippen molar-refractivity contribution in [2.24, 2.45) is 0 Å². The van der Waals surface area contributed by atoms with E-state index in [0.29, 0.717) is 0 Å². The second kappa shape index (κ2) is 3.35. The van der Waals surface area contributed by atoms with Gasteiger partial charge in [-0.3, -0.25) is 0 Å². The fourth-order valence-electron chi connectivity index (χ4n) is 0.656. The molecule has 0 unspecified atom stereocenters. The third-order valence-electron chi connectivity index (χ3n) is 1.22. The molecule has 0 aromatic heterocycles. The van der Waals surface area contributed by atoms with Gasteiger partial charge >= 0.3 is 0 Å². The minimum atomic E-state index is -0.390. The Balaban J connectivity index is 3.68. The zero-order valence-electron chi connectivity index (χ0n) is 7.51. The fourth-order valence-corrected chi connectivity index (χ4v) is 0.656. The minimum Gasteiger partial charge on any atom is -0.391 e. The van der Waals surface area contributed by atoms with Crippen LogP contribution in [-0.4, -0.2) is 22.9 Å². The average molecular weight is 146 g/mol. The molecule has 0 spiro atoms. The van der Waals surface area contributed by atoms with Gasteiger partial charge in [0.05, 0.1) is 17.8 Å². The Bertz CT molecular complexity index is 91.9. The molecule has 10 heavy (non-hydrogen) atoms. The van der Waals surface area contributed by atoms with Crippen molar-refractivity contribution in [2.75, 3.05) is 0 Å². The lowest BCUT2D eigenvalue weighted by molar-refractivity contribution is -0.0965. The normalized spacial score (nSPS) is 18.6. The number of hydrogen-bond donors (Lipinski definition) is 1. The third-order valence-corrected chi connectivity index (χ3v) is 1.22. The Kier molecular flexibility index (Phi) is 3.33. The molecular weight excluding hydrogens is 128 g/mol. The van der Waals surface area contributed by atoms with Crippen LogP contribution < -0.4 is 0 Å². The van der Waals surface area contributed by atoms with Crippen LogP contribution in [0.2, 0.25) is 0 Å². The highest BCUT2D eigenvalue weighted by Gasteiger charge is 2.17. The van der Waals surface area contributed by atoms with Crippen molar-refractivity contribution >= 4 is 0 Å². The average Bonchev–Trinajstić information content (AvgIpc) is 1.60. The van der Waals surface area contributed by atoms with Crippen molar-refractivity contribution in [3.05, 3.63) is 0 Å². The van der Waals surface area contributed by atoms with Crippen molar-refractivity contribution < 1.29 is 9.84 Å². The van der Waals surface area contributed by atoms with Crippen LogP contribution in [0, 0.1) is 0 Å². The van der Waals surface area contributed by atoms with Gasteiger partial charge < -0.3 is 9.84 Å². The largest absolute Gasteiger partial charge is 0.391 e. The second-order valence-corrected chi connectivity index (χ2v) is 3.68. The molecule has 2 heteroatoms. The highest BCUT2D eigenvalue weighted by molar-refractivity contribution is 4.65. The molecule has 2 nitrogen and oxygen atoms in total. The molecule has 0 aliphatic carbocycles. The number of ether oxygens (including phenoxy) is 1. The lowest BCUT2D eigenvalue weighted by atomic mass is 10.1. The van der Waals surface area contributed by atoms with Crippen LogP contribution >= 0.6 is 0 Å². The lowest BCUT2D eigenvalue weighted by Gasteiger charge is -2.26. The SMILES string of the molecule is C[C@H](O)[C@H](C)OC(C)(C)C. The molecule has 0 aromatic carbocycles. The van der Waals surface area contributed by atoms with E-state index in [0.717, 1.165) is 0 Å². The maximum Gasteiger partial charge on any atom is 0.0810 e. The summed E-state index contributed by atoms with van der Waals surface area (Å²) < 4.78 is 5.45. The second-order valence-electron chi connectivity index (χ2n) is 3.68. The highest BCUT2D eigenvalue weighted by atomic mass is 16.5. The summed E-state index contributed by atoms with van der Waals surface area (Å²) in [6.45, 7) is 9.54. The van der Waals surface area contributed by atoms with Crippen molar-refractivity contribution in [1.82, 2.24) is 0 Å². The smallest absolute Gasteiger partial charge is 0.0810 e. The van der Waals surface area contributed by atoms with Gasteiger partial charge in [0.15, 0.2) is 0 Å². The van der Waals surface area contributed by atoms with E-state index in [2.05, 4.69) is 0 Å². The Morgan fingerprint density at radius 1 is 1.20 bits per heavy atom. The minimum absolute atomic E-state index is 0.0833. The van der Waals surface area contributed by atoms with Gasteiger partial charge in [-0.15, -0.1) is 0 Å². The molecule has 0 amide bonds. The number of rotatable bonds is 2. The summed E-state index contributed by atoms with van der Waals surface area (Å²) in [5, 5.41) is 9.06. The number of hydrogen-bond acceptors (Lipinski definition) is 2. The van der Waals surface area contributed by atoms with Crippen LogP contribution in [0.3, 0.4) is 0 Å². The molecule has 0 radical (unpaired) electrons. The topological polar surface area (TPSA) is 29.5 Å². The first-order valence-corrected chi connectivity index (χ1v) is 3.69. The quantitative estimate of drug-likeness (QED) is 0.640. The fraction of sp³-hybridized carbons (Fsp3) is 1.00. The van der Waals surface area contributed by atoms with E-state index in [1.54, 1.807) is 6.92 Å². The van der Waals surface area contributed by atoms with E-state index < -0.39 is 0 Å². The van der Waals surface area contributed by atoms with E-state index in [4.69, 9.17) is 9.84 Å². The van der Waals surface area contributed by atoms with Crippen LogP contribution in [0.5, 0.6) is 0 Å². The third kappa shape index (κ3) is 4.77.